The molecule has 17 heavy (non-hydrogen) atoms. The van der Waals surface area contributed by atoms with E-state index in [1.54, 1.807) is 30.3 Å². The van der Waals surface area contributed by atoms with E-state index in [2.05, 4.69) is 0 Å². The van der Waals surface area contributed by atoms with Gasteiger partial charge in [-0.3, -0.25) is 15.2 Å². The fraction of sp³-hybridized carbons (Fsp3) is 0. The maximum absolute atomic E-state index is 11.4. The molecular formula is C12H8NO4. The topological polar surface area (TPSA) is 72.3 Å². The lowest BCUT2D eigenvalue weighted by molar-refractivity contribution is -0.387. The Bertz CT molecular complexity index is 539. The Balaban J connectivity index is 2.40. The molecule has 5 nitrogen and oxygen atoms in total. The summed E-state index contributed by atoms with van der Waals surface area (Å²) in [7, 11) is 0. The molecule has 0 N–H and O–H groups in total. The number of hydrogen-bond acceptors (Lipinski definition) is 3. The maximum atomic E-state index is 11.4. The highest BCUT2D eigenvalue weighted by Crippen LogP contribution is 2.38. The summed E-state index contributed by atoms with van der Waals surface area (Å²) in [5.74, 6) is -0.265. The van der Waals surface area contributed by atoms with Gasteiger partial charge in [-0.2, -0.15) is 0 Å². The standard InChI is InChI=1S/C12H8NO4/c14-10-7-4-8-11(12(10)13(15)16)17-9-5-2-1-3-6-9/h1-8H. The Labute approximate surface area is 97.0 Å². The highest BCUT2D eigenvalue weighted by molar-refractivity contribution is 5.57. The molecule has 0 amide bonds. The van der Waals surface area contributed by atoms with Crippen LogP contribution in [0.3, 0.4) is 0 Å². The number of para-hydroxylation sites is 2. The van der Waals surface area contributed by atoms with Gasteiger partial charge in [-0.25, -0.2) is 0 Å². The molecular weight excluding hydrogens is 222 g/mol. The summed E-state index contributed by atoms with van der Waals surface area (Å²) < 4.78 is 5.31. The Morgan fingerprint density at radius 1 is 1.00 bits per heavy atom. The minimum atomic E-state index is -0.736. The Morgan fingerprint density at radius 3 is 2.35 bits per heavy atom. The lowest BCUT2D eigenvalue weighted by Gasteiger charge is -2.05. The van der Waals surface area contributed by atoms with Gasteiger partial charge >= 0.3 is 5.69 Å². The van der Waals surface area contributed by atoms with E-state index < -0.39 is 16.4 Å². The van der Waals surface area contributed by atoms with Gasteiger partial charge in [0.2, 0.25) is 5.75 Å². The minimum Gasteiger partial charge on any atom is -0.450 e. The van der Waals surface area contributed by atoms with Crippen LogP contribution in [0.1, 0.15) is 0 Å². The van der Waals surface area contributed by atoms with Crippen LogP contribution >= 0.6 is 0 Å². The summed E-state index contributed by atoms with van der Waals surface area (Å²) in [6.07, 6.45) is 0. The number of rotatable bonds is 3. The highest BCUT2D eigenvalue weighted by atomic mass is 16.6. The Hall–Kier alpha value is -2.56. The van der Waals surface area contributed by atoms with E-state index in [0.717, 1.165) is 6.07 Å². The van der Waals surface area contributed by atoms with Crippen molar-refractivity contribution in [3.63, 3.8) is 0 Å². The third kappa shape index (κ3) is 2.34. The van der Waals surface area contributed by atoms with E-state index in [1.807, 2.05) is 0 Å². The summed E-state index contributed by atoms with van der Waals surface area (Å²) in [5, 5.41) is 22.1. The molecule has 0 aliphatic rings. The second-order valence-corrected chi connectivity index (χ2v) is 3.28. The molecule has 0 saturated carbocycles. The van der Waals surface area contributed by atoms with Crippen molar-refractivity contribution in [2.75, 3.05) is 0 Å². The van der Waals surface area contributed by atoms with Gasteiger partial charge in [0.15, 0.2) is 0 Å². The zero-order valence-electron chi connectivity index (χ0n) is 8.70. The van der Waals surface area contributed by atoms with Crippen molar-refractivity contribution < 1.29 is 14.8 Å². The molecule has 2 aromatic carbocycles. The van der Waals surface area contributed by atoms with E-state index in [1.165, 1.54) is 12.1 Å². The Morgan fingerprint density at radius 2 is 1.71 bits per heavy atom. The molecule has 0 bridgehead atoms. The predicted molar refractivity (Wildman–Crippen MR) is 59.7 cm³/mol. The summed E-state index contributed by atoms with van der Waals surface area (Å²) in [6.45, 7) is 0. The first kappa shape index (κ1) is 10.9. The van der Waals surface area contributed by atoms with E-state index in [9.17, 15) is 15.2 Å². The largest absolute Gasteiger partial charge is 0.450 e. The summed E-state index contributed by atoms with van der Waals surface area (Å²) >= 11 is 0. The molecule has 1 radical (unpaired) electrons. The molecule has 85 valence electrons. The van der Waals surface area contributed by atoms with Crippen LogP contribution < -0.4 is 4.74 Å². The van der Waals surface area contributed by atoms with Gasteiger partial charge < -0.3 is 4.74 Å². The third-order valence-electron chi connectivity index (χ3n) is 2.12. The average molecular weight is 230 g/mol. The molecule has 0 fully saturated rings. The number of hydrogen-bond donors (Lipinski definition) is 0. The maximum Gasteiger partial charge on any atom is 0.358 e. The highest BCUT2D eigenvalue weighted by Gasteiger charge is 2.22. The van der Waals surface area contributed by atoms with Crippen LogP contribution in [0.15, 0.2) is 48.5 Å². The van der Waals surface area contributed by atoms with Crippen molar-refractivity contribution in [1.82, 2.24) is 0 Å². The molecule has 0 atom stereocenters. The molecule has 0 aliphatic heterocycles. The van der Waals surface area contributed by atoms with Crippen molar-refractivity contribution in [3.05, 3.63) is 58.6 Å². The van der Waals surface area contributed by atoms with Crippen LogP contribution in [-0.2, 0) is 5.11 Å². The fourth-order valence-electron chi connectivity index (χ4n) is 1.38. The van der Waals surface area contributed by atoms with Crippen molar-refractivity contribution in [3.8, 4) is 17.2 Å². The summed E-state index contributed by atoms with van der Waals surface area (Å²) in [6, 6.07) is 12.5. The van der Waals surface area contributed by atoms with Gasteiger partial charge in [0, 0.05) is 0 Å². The summed E-state index contributed by atoms with van der Waals surface area (Å²) in [5.41, 5.74) is -0.545. The second-order valence-electron chi connectivity index (χ2n) is 3.28. The van der Waals surface area contributed by atoms with Crippen LogP contribution in [0.4, 0.5) is 5.69 Å². The van der Waals surface area contributed by atoms with E-state index in [-0.39, 0.29) is 5.75 Å². The average Bonchev–Trinajstić information content (AvgIpc) is 2.30. The third-order valence-corrected chi connectivity index (χ3v) is 2.12. The van der Waals surface area contributed by atoms with E-state index in [0.29, 0.717) is 5.75 Å². The lowest BCUT2D eigenvalue weighted by atomic mass is 10.2. The van der Waals surface area contributed by atoms with Crippen LogP contribution in [0.25, 0.3) is 0 Å². The first-order chi connectivity index (χ1) is 8.18. The first-order valence-electron chi connectivity index (χ1n) is 4.86. The predicted octanol–water partition coefficient (Wildman–Crippen LogP) is 3.53. The molecule has 0 aromatic heterocycles. The van der Waals surface area contributed by atoms with E-state index in [4.69, 9.17) is 4.74 Å². The fourth-order valence-corrected chi connectivity index (χ4v) is 1.38. The number of nitro benzene ring substituents is 1. The summed E-state index contributed by atoms with van der Waals surface area (Å²) in [4.78, 5) is 10.0. The van der Waals surface area contributed by atoms with Crippen molar-refractivity contribution in [2.24, 2.45) is 0 Å². The Kier molecular flexibility index (Phi) is 2.91. The molecule has 0 unspecified atom stereocenters. The van der Waals surface area contributed by atoms with Gasteiger partial charge in [-0.15, -0.1) is 0 Å². The van der Waals surface area contributed by atoms with Crippen molar-refractivity contribution in [2.45, 2.75) is 0 Å². The van der Waals surface area contributed by atoms with Crippen LogP contribution in [0.2, 0.25) is 0 Å². The van der Waals surface area contributed by atoms with Crippen LogP contribution in [0.5, 0.6) is 17.2 Å². The molecule has 0 aliphatic carbocycles. The quantitative estimate of drug-likeness (QED) is 0.598. The normalized spacial score (nSPS) is 9.88. The lowest BCUT2D eigenvalue weighted by Crippen LogP contribution is -1.93. The molecule has 0 spiro atoms. The number of nitro groups is 1. The van der Waals surface area contributed by atoms with Gasteiger partial charge in [0.05, 0.1) is 4.92 Å². The van der Waals surface area contributed by atoms with E-state index >= 15 is 0 Å². The smallest absolute Gasteiger partial charge is 0.358 e. The molecule has 2 rings (SSSR count). The van der Waals surface area contributed by atoms with Gasteiger partial charge in [0.25, 0.3) is 5.75 Å². The van der Waals surface area contributed by atoms with Crippen molar-refractivity contribution >= 4 is 5.69 Å². The molecule has 5 heteroatoms. The monoisotopic (exact) mass is 230 g/mol. The van der Waals surface area contributed by atoms with Gasteiger partial charge in [0.1, 0.15) is 5.75 Å². The minimum absolute atomic E-state index is 0.0475. The SMILES string of the molecule is [O]c1cccc(Oc2ccccc2)c1[N+](=O)[O-]. The number of nitrogens with zero attached hydrogens (tertiary/aromatic N) is 1. The van der Waals surface area contributed by atoms with Gasteiger partial charge in [-0.1, -0.05) is 24.3 Å². The number of benzene rings is 2. The first-order valence-corrected chi connectivity index (χ1v) is 4.86. The molecule has 2 aromatic rings. The van der Waals surface area contributed by atoms with Crippen LogP contribution in [-0.4, -0.2) is 4.92 Å². The zero-order valence-corrected chi connectivity index (χ0v) is 8.70. The number of ether oxygens (including phenoxy) is 1. The molecule has 0 heterocycles. The molecule has 0 saturated heterocycles. The van der Waals surface area contributed by atoms with Crippen molar-refractivity contribution in [1.29, 1.82) is 0 Å². The second kappa shape index (κ2) is 4.52. The zero-order chi connectivity index (χ0) is 12.3. The van der Waals surface area contributed by atoms with Crippen LogP contribution in [0, 0.1) is 10.1 Å². The van der Waals surface area contributed by atoms with Gasteiger partial charge in [-0.05, 0) is 24.3 Å².